The first-order chi connectivity index (χ1) is 9.56. The van der Waals surface area contributed by atoms with E-state index in [-0.39, 0.29) is 5.92 Å². The third-order valence-corrected chi connectivity index (χ3v) is 4.18. The molecule has 1 amide bonds. The Bertz CT molecular complexity index is 662. The SMILES string of the molecule is Cn1cc(C2CCCN(C(=O)O)C2)c2cc(N)ccc21. The molecule has 1 atom stereocenters. The second-order valence-corrected chi connectivity index (χ2v) is 5.54. The number of nitrogens with two attached hydrogens (primary N) is 1. The van der Waals surface area contributed by atoms with Crippen molar-refractivity contribution in [2.24, 2.45) is 7.05 Å². The molecule has 3 N–H and O–H groups in total. The number of aromatic nitrogens is 1. The van der Waals surface area contributed by atoms with Gasteiger partial charge < -0.3 is 20.3 Å². The number of piperidine rings is 1. The molecule has 1 fully saturated rings. The van der Waals surface area contributed by atoms with Crippen molar-refractivity contribution < 1.29 is 9.90 Å². The fraction of sp³-hybridized carbons (Fsp3) is 0.400. The van der Waals surface area contributed by atoms with Gasteiger partial charge in [0.25, 0.3) is 0 Å². The second kappa shape index (κ2) is 4.74. The summed E-state index contributed by atoms with van der Waals surface area (Å²) in [7, 11) is 2.01. The van der Waals surface area contributed by atoms with Gasteiger partial charge in [-0.05, 0) is 36.6 Å². The molecule has 3 rings (SSSR count). The standard InChI is InChI=1S/C15H19N3O2/c1-17-9-13(12-7-11(16)4-5-14(12)17)10-3-2-6-18(8-10)15(19)20/h4-5,7,9-10H,2-3,6,8,16H2,1H3,(H,19,20). The fourth-order valence-corrected chi connectivity index (χ4v) is 3.17. The zero-order valence-electron chi connectivity index (χ0n) is 11.5. The van der Waals surface area contributed by atoms with Crippen LogP contribution in [0.5, 0.6) is 0 Å². The molecule has 2 heterocycles. The molecule has 1 aliphatic rings. The van der Waals surface area contributed by atoms with Crippen LogP contribution in [-0.2, 0) is 7.05 Å². The Labute approximate surface area is 117 Å². The minimum absolute atomic E-state index is 0.255. The summed E-state index contributed by atoms with van der Waals surface area (Å²) < 4.78 is 2.09. The second-order valence-electron chi connectivity index (χ2n) is 5.54. The highest BCUT2D eigenvalue weighted by molar-refractivity contribution is 5.87. The summed E-state index contributed by atoms with van der Waals surface area (Å²) in [5.74, 6) is 0.255. The predicted molar refractivity (Wildman–Crippen MR) is 78.9 cm³/mol. The highest BCUT2D eigenvalue weighted by Crippen LogP contribution is 2.34. The number of fused-ring (bicyclic) bond motifs is 1. The number of benzene rings is 1. The Balaban J connectivity index is 2.01. The van der Waals surface area contributed by atoms with E-state index in [0.29, 0.717) is 13.1 Å². The molecule has 0 radical (unpaired) electrons. The van der Waals surface area contributed by atoms with Crippen LogP contribution in [0.1, 0.15) is 24.3 Å². The quantitative estimate of drug-likeness (QED) is 0.784. The topological polar surface area (TPSA) is 71.5 Å². The molecule has 5 heteroatoms. The number of nitrogens with zero attached hydrogens (tertiary/aromatic N) is 2. The number of carbonyl (C=O) groups is 1. The molecule has 1 saturated heterocycles. The highest BCUT2D eigenvalue weighted by Gasteiger charge is 2.26. The van der Waals surface area contributed by atoms with E-state index in [1.54, 1.807) is 0 Å². The number of rotatable bonds is 1. The number of likely N-dealkylation sites (tertiary alicyclic amines) is 1. The maximum Gasteiger partial charge on any atom is 0.407 e. The summed E-state index contributed by atoms with van der Waals surface area (Å²) in [4.78, 5) is 12.7. The van der Waals surface area contributed by atoms with E-state index in [2.05, 4.69) is 10.8 Å². The molecule has 1 aliphatic heterocycles. The number of carboxylic acid groups (broad SMARTS) is 1. The van der Waals surface area contributed by atoms with Gasteiger partial charge in [-0.2, -0.15) is 0 Å². The van der Waals surface area contributed by atoms with E-state index in [1.807, 2.05) is 25.2 Å². The van der Waals surface area contributed by atoms with Gasteiger partial charge in [0.1, 0.15) is 0 Å². The van der Waals surface area contributed by atoms with Crippen LogP contribution in [0.4, 0.5) is 10.5 Å². The van der Waals surface area contributed by atoms with Crippen molar-refractivity contribution >= 4 is 22.7 Å². The third kappa shape index (κ3) is 2.09. The lowest BCUT2D eigenvalue weighted by molar-refractivity contribution is 0.130. The van der Waals surface area contributed by atoms with Crippen molar-refractivity contribution in [2.75, 3.05) is 18.8 Å². The van der Waals surface area contributed by atoms with Gasteiger partial charge in [-0.3, -0.25) is 0 Å². The molecule has 1 unspecified atom stereocenters. The Hall–Kier alpha value is -2.17. The van der Waals surface area contributed by atoms with Gasteiger partial charge in [0.05, 0.1) is 0 Å². The Kier molecular flexibility index (Phi) is 3.04. The van der Waals surface area contributed by atoms with E-state index >= 15 is 0 Å². The lowest BCUT2D eigenvalue weighted by Crippen LogP contribution is -2.38. The van der Waals surface area contributed by atoms with Crippen molar-refractivity contribution in [1.82, 2.24) is 9.47 Å². The van der Waals surface area contributed by atoms with E-state index in [1.165, 1.54) is 10.5 Å². The highest BCUT2D eigenvalue weighted by atomic mass is 16.4. The summed E-state index contributed by atoms with van der Waals surface area (Å²) >= 11 is 0. The summed E-state index contributed by atoms with van der Waals surface area (Å²) in [5.41, 5.74) is 8.99. The summed E-state index contributed by atoms with van der Waals surface area (Å²) in [6.07, 6.45) is 3.22. The number of hydrogen-bond acceptors (Lipinski definition) is 2. The molecular weight excluding hydrogens is 254 g/mol. The number of anilines is 1. The van der Waals surface area contributed by atoms with Gasteiger partial charge in [0.15, 0.2) is 0 Å². The van der Waals surface area contributed by atoms with Crippen LogP contribution in [0.15, 0.2) is 24.4 Å². The van der Waals surface area contributed by atoms with E-state index in [4.69, 9.17) is 10.8 Å². The average Bonchev–Trinajstić information content (AvgIpc) is 2.75. The smallest absolute Gasteiger partial charge is 0.407 e. The maximum atomic E-state index is 11.2. The van der Waals surface area contributed by atoms with Gasteiger partial charge >= 0.3 is 6.09 Å². The minimum Gasteiger partial charge on any atom is -0.465 e. The first-order valence-corrected chi connectivity index (χ1v) is 6.88. The number of amides is 1. The Morgan fingerprint density at radius 2 is 2.25 bits per heavy atom. The number of nitrogen functional groups attached to an aromatic ring is 1. The number of hydrogen-bond donors (Lipinski definition) is 2. The lowest BCUT2D eigenvalue weighted by Gasteiger charge is -2.30. The lowest BCUT2D eigenvalue weighted by atomic mass is 9.90. The van der Waals surface area contributed by atoms with E-state index < -0.39 is 6.09 Å². The van der Waals surface area contributed by atoms with Crippen molar-refractivity contribution in [3.8, 4) is 0 Å². The molecule has 106 valence electrons. The van der Waals surface area contributed by atoms with Crippen molar-refractivity contribution in [3.05, 3.63) is 30.0 Å². The molecule has 0 saturated carbocycles. The van der Waals surface area contributed by atoms with Gasteiger partial charge in [0, 0.05) is 48.8 Å². The first-order valence-electron chi connectivity index (χ1n) is 6.88. The molecule has 2 aromatic rings. The average molecular weight is 273 g/mol. The number of aryl methyl sites for hydroxylation is 1. The van der Waals surface area contributed by atoms with Crippen LogP contribution in [0.25, 0.3) is 10.9 Å². The molecule has 0 spiro atoms. The van der Waals surface area contributed by atoms with E-state index in [0.717, 1.165) is 29.4 Å². The zero-order chi connectivity index (χ0) is 14.3. The first kappa shape index (κ1) is 12.8. The zero-order valence-corrected chi connectivity index (χ0v) is 11.5. The molecule has 20 heavy (non-hydrogen) atoms. The van der Waals surface area contributed by atoms with Crippen molar-refractivity contribution in [1.29, 1.82) is 0 Å². The van der Waals surface area contributed by atoms with Crippen LogP contribution < -0.4 is 5.73 Å². The van der Waals surface area contributed by atoms with E-state index in [9.17, 15) is 4.79 Å². The van der Waals surface area contributed by atoms with Gasteiger partial charge in [-0.15, -0.1) is 0 Å². The van der Waals surface area contributed by atoms with Gasteiger partial charge in [-0.25, -0.2) is 4.79 Å². The fourth-order valence-electron chi connectivity index (χ4n) is 3.17. The molecular formula is C15H19N3O2. The predicted octanol–water partition coefficient (Wildman–Crippen LogP) is 2.62. The molecule has 1 aromatic carbocycles. The van der Waals surface area contributed by atoms with Crippen LogP contribution in [0.3, 0.4) is 0 Å². The summed E-state index contributed by atoms with van der Waals surface area (Å²) in [5, 5.41) is 10.3. The Morgan fingerprint density at radius 1 is 1.45 bits per heavy atom. The monoisotopic (exact) mass is 273 g/mol. The van der Waals surface area contributed by atoms with Gasteiger partial charge in [-0.1, -0.05) is 0 Å². The van der Waals surface area contributed by atoms with Gasteiger partial charge in [0.2, 0.25) is 0 Å². The largest absolute Gasteiger partial charge is 0.465 e. The molecule has 0 bridgehead atoms. The maximum absolute atomic E-state index is 11.2. The molecule has 0 aliphatic carbocycles. The van der Waals surface area contributed by atoms with Crippen LogP contribution >= 0.6 is 0 Å². The summed E-state index contributed by atoms with van der Waals surface area (Å²) in [6.45, 7) is 1.21. The van der Waals surface area contributed by atoms with Crippen LogP contribution in [0.2, 0.25) is 0 Å². The van der Waals surface area contributed by atoms with Crippen molar-refractivity contribution in [3.63, 3.8) is 0 Å². The third-order valence-electron chi connectivity index (χ3n) is 4.18. The van der Waals surface area contributed by atoms with Crippen LogP contribution in [0, 0.1) is 0 Å². The van der Waals surface area contributed by atoms with Crippen molar-refractivity contribution in [2.45, 2.75) is 18.8 Å². The minimum atomic E-state index is -0.825. The molecule has 1 aromatic heterocycles. The van der Waals surface area contributed by atoms with Crippen LogP contribution in [-0.4, -0.2) is 33.8 Å². The normalized spacial score (nSPS) is 19.4. The Morgan fingerprint density at radius 3 is 3.00 bits per heavy atom. The molecule has 5 nitrogen and oxygen atoms in total. The summed E-state index contributed by atoms with van der Waals surface area (Å²) in [6, 6.07) is 5.91.